The van der Waals surface area contributed by atoms with Crippen molar-refractivity contribution in [2.24, 2.45) is 0 Å². The van der Waals surface area contributed by atoms with Crippen molar-refractivity contribution >= 4 is 34.9 Å². The van der Waals surface area contributed by atoms with E-state index in [1.807, 2.05) is 32.9 Å². The second-order valence-electron chi connectivity index (χ2n) is 8.47. The van der Waals surface area contributed by atoms with E-state index in [0.29, 0.717) is 59.5 Å². The number of piperidine rings is 1. The van der Waals surface area contributed by atoms with Gasteiger partial charge in [-0.2, -0.15) is 0 Å². The van der Waals surface area contributed by atoms with Crippen molar-refractivity contribution < 1.29 is 19.1 Å². The SMILES string of the molecule is Cc1cc(OCC(=O)N2CCC3(CC2)CC(=O)c2c(cc(C)c(Cl)c2C)O3)ccc1Cl. The van der Waals surface area contributed by atoms with Crippen molar-refractivity contribution in [2.75, 3.05) is 19.7 Å². The molecule has 1 saturated heterocycles. The van der Waals surface area contributed by atoms with Gasteiger partial charge < -0.3 is 14.4 Å². The van der Waals surface area contributed by atoms with Crippen molar-refractivity contribution in [1.82, 2.24) is 4.90 Å². The Morgan fingerprint density at radius 3 is 2.52 bits per heavy atom. The van der Waals surface area contributed by atoms with Crippen LogP contribution in [0.3, 0.4) is 0 Å². The molecule has 2 aromatic rings. The van der Waals surface area contributed by atoms with E-state index in [2.05, 4.69) is 0 Å². The van der Waals surface area contributed by atoms with Crippen molar-refractivity contribution in [3.63, 3.8) is 0 Å². The van der Waals surface area contributed by atoms with Crippen LogP contribution in [0.4, 0.5) is 0 Å². The third-order valence-electron chi connectivity index (χ3n) is 6.25. The van der Waals surface area contributed by atoms with Crippen LogP contribution in [0.5, 0.6) is 11.5 Å². The largest absolute Gasteiger partial charge is 0.486 e. The van der Waals surface area contributed by atoms with Gasteiger partial charge in [-0.05, 0) is 61.7 Å². The predicted molar refractivity (Wildman–Crippen MR) is 121 cm³/mol. The zero-order valence-corrected chi connectivity index (χ0v) is 19.4. The molecule has 2 heterocycles. The van der Waals surface area contributed by atoms with E-state index >= 15 is 0 Å². The molecular weight excluding hydrogens is 437 g/mol. The Morgan fingerprint density at radius 1 is 1.13 bits per heavy atom. The molecule has 2 aromatic carbocycles. The molecule has 0 aromatic heterocycles. The molecule has 7 heteroatoms. The summed E-state index contributed by atoms with van der Waals surface area (Å²) < 4.78 is 12.0. The second kappa shape index (κ2) is 8.36. The summed E-state index contributed by atoms with van der Waals surface area (Å²) in [7, 11) is 0. The van der Waals surface area contributed by atoms with Crippen LogP contribution >= 0.6 is 23.2 Å². The maximum Gasteiger partial charge on any atom is 0.260 e. The fourth-order valence-corrected chi connectivity index (χ4v) is 4.65. The maximum atomic E-state index is 12.9. The molecule has 0 unspecified atom stereocenters. The first-order valence-corrected chi connectivity index (χ1v) is 11.1. The minimum absolute atomic E-state index is 0.0341. The van der Waals surface area contributed by atoms with Gasteiger partial charge in [-0.25, -0.2) is 0 Å². The first-order chi connectivity index (χ1) is 14.7. The molecule has 0 bridgehead atoms. The van der Waals surface area contributed by atoms with Gasteiger partial charge in [0.05, 0.1) is 12.0 Å². The monoisotopic (exact) mass is 461 g/mol. The van der Waals surface area contributed by atoms with Crippen LogP contribution in [-0.2, 0) is 4.79 Å². The highest BCUT2D eigenvalue weighted by molar-refractivity contribution is 6.33. The lowest BCUT2D eigenvalue weighted by atomic mass is 9.81. The van der Waals surface area contributed by atoms with Crippen LogP contribution in [0.2, 0.25) is 10.0 Å². The second-order valence-corrected chi connectivity index (χ2v) is 9.26. The van der Waals surface area contributed by atoms with E-state index in [1.54, 1.807) is 17.0 Å². The molecule has 1 spiro atoms. The van der Waals surface area contributed by atoms with Gasteiger partial charge in [-0.15, -0.1) is 0 Å². The number of hydrogen-bond acceptors (Lipinski definition) is 4. The lowest BCUT2D eigenvalue weighted by Crippen LogP contribution is -2.53. The molecule has 0 aliphatic carbocycles. The number of fused-ring (bicyclic) bond motifs is 1. The maximum absolute atomic E-state index is 12.9. The summed E-state index contributed by atoms with van der Waals surface area (Å²) in [5.74, 6) is 1.20. The highest BCUT2D eigenvalue weighted by Crippen LogP contribution is 2.43. The zero-order valence-electron chi connectivity index (χ0n) is 17.9. The minimum Gasteiger partial charge on any atom is -0.486 e. The summed E-state index contributed by atoms with van der Waals surface area (Å²) in [6.07, 6.45) is 1.51. The number of ketones is 1. The average Bonchev–Trinajstić information content (AvgIpc) is 2.73. The normalized spacial score (nSPS) is 17.3. The first-order valence-electron chi connectivity index (χ1n) is 10.4. The molecule has 164 valence electrons. The Bertz CT molecular complexity index is 1060. The first kappa shape index (κ1) is 22.0. The highest BCUT2D eigenvalue weighted by atomic mass is 35.5. The molecule has 1 amide bonds. The Balaban J connectivity index is 1.39. The molecular formula is C24H25Cl2NO4. The molecule has 31 heavy (non-hydrogen) atoms. The van der Waals surface area contributed by atoms with E-state index in [4.69, 9.17) is 32.7 Å². The fraction of sp³-hybridized carbons (Fsp3) is 0.417. The van der Waals surface area contributed by atoms with Crippen molar-refractivity contribution in [3.8, 4) is 11.5 Å². The molecule has 0 radical (unpaired) electrons. The molecule has 4 rings (SSSR count). The summed E-state index contributed by atoms with van der Waals surface area (Å²) >= 11 is 12.4. The van der Waals surface area contributed by atoms with Gasteiger partial charge in [0.15, 0.2) is 12.4 Å². The Kier molecular flexibility index (Phi) is 5.93. The quantitative estimate of drug-likeness (QED) is 0.619. The molecule has 2 aliphatic rings. The fourth-order valence-electron chi connectivity index (χ4n) is 4.39. The standard InChI is InChI=1S/C24H25Cl2NO4/c1-14-10-17(4-5-18(14)25)30-13-21(29)27-8-6-24(7-9-27)12-19(28)22-16(3)23(26)15(2)11-20(22)31-24/h4-5,10-11H,6-9,12-13H2,1-3H3. The Labute approximate surface area is 192 Å². The average molecular weight is 462 g/mol. The minimum atomic E-state index is -0.568. The van der Waals surface area contributed by atoms with Crippen LogP contribution < -0.4 is 9.47 Å². The number of benzene rings is 2. The van der Waals surface area contributed by atoms with E-state index in [-0.39, 0.29) is 18.3 Å². The summed E-state index contributed by atoms with van der Waals surface area (Å²) in [5.41, 5.74) is 2.59. The number of amides is 1. The number of likely N-dealkylation sites (tertiary alicyclic amines) is 1. The number of ether oxygens (including phenoxy) is 2. The number of Topliss-reactive ketones (excluding diaryl/α,β-unsaturated/α-hetero) is 1. The molecule has 1 fully saturated rings. The lowest BCUT2D eigenvalue weighted by molar-refractivity contribution is -0.136. The lowest BCUT2D eigenvalue weighted by Gasteiger charge is -2.44. The van der Waals surface area contributed by atoms with Crippen molar-refractivity contribution in [3.05, 3.63) is 56.6 Å². The van der Waals surface area contributed by atoms with E-state index in [9.17, 15) is 9.59 Å². The molecule has 0 N–H and O–H groups in total. The molecule has 2 aliphatic heterocycles. The van der Waals surface area contributed by atoms with Crippen LogP contribution in [0.15, 0.2) is 24.3 Å². The zero-order chi connectivity index (χ0) is 22.3. The predicted octanol–water partition coefficient (Wildman–Crippen LogP) is 5.32. The van der Waals surface area contributed by atoms with Gasteiger partial charge in [0.2, 0.25) is 0 Å². The van der Waals surface area contributed by atoms with Gasteiger partial charge in [0.25, 0.3) is 5.91 Å². The number of halogens is 2. The highest BCUT2D eigenvalue weighted by Gasteiger charge is 2.44. The van der Waals surface area contributed by atoms with Gasteiger partial charge in [0, 0.05) is 36.0 Å². The van der Waals surface area contributed by atoms with E-state index in [0.717, 1.165) is 16.7 Å². The van der Waals surface area contributed by atoms with Gasteiger partial charge >= 0.3 is 0 Å². The summed E-state index contributed by atoms with van der Waals surface area (Å²) in [4.78, 5) is 27.3. The van der Waals surface area contributed by atoms with Crippen LogP contribution in [0.25, 0.3) is 0 Å². The van der Waals surface area contributed by atoms with Crippen LogP contribution in [-0.4, -0.2) is 41.9 Å². The van der Waals surface area contributed by atoms with Crippen molar-refractivity contribution in [1.29, 1.82) is 0 Å². The molecule has 0 atom stereocenters. The van der Waals surface area contributed by atoms with Gasteiger partial charge in [0.1, 0.15) is 17.1 Å². The molecule has 0 saturated carbocycles. The summed E-state index contributed by atoms with van der Waals surface area (Å²) in [6.45, 7) is 6.67. The number of aryl methyl sites for hydroxylation is 2. The summed E-state index contributed by atoms with van der Waals surface area (Å²) in [6, 6.07) is 7.18. The number of carbonyl (C=O) groups excluding carboxylic acids is 2. The van der Waals surface area contributed by atoms with Crippen LogP contribution in [0.1, 0.15) is 46.3 Å². The van der Waals surface area contributed by atoms with Crippen molar-refractivity contribution in [2.45, 2.75) is 45.6 Å². The van der Waals surface area contributed by atoms with Gasteiger partial charge in [-0.1, -0.05) is 23.2 Å². The topological polar surface area (TPSA) is 55.8 Å². The van der Waals surface area contributed by atoms with E-state index < -0.39 is 5.60 Å². The number of hydrogen-bond donors (Lipinski definition) is 0. The van der Waals surface area contributed by atoms with Crippen LogP contribution in [0, 0.1) is 20.8 Å². The number of rotatable bonds is 3. The number of carbonyl (C=O) groups is 2. The van der Waals surface area contributed by atoms with Gasteiger partial charge in [-0.3, -0.25) is 9.59 Å². The smallest absolute Gasteiger partial charge is 0.260 e. The Hall–Kier alpha value is -2.24. The molecule has 5 nitrogen and oxygen atoms in total. The third-order valence-corrected chi connectivity index (χ3v) is 7.26. The van der Waals surface area contributed by atoms with E-state index in [1.165, 1.54) is 0 Å². The summed E-state index contributed by atoms with van der Waals surface area (Å²) in [5, 5.41) is 1.28. The third kappa shape index (κ3) is 4.26. The Morgan fingerprint density at radius 2 is 1.84 bits per heavy atom. The number of nitrogens with zero attached hydrogens (tertiary/aromatic N) is 1.